The van der Waals surface area contributed by atoms with Crippen molar-refractivity contribution in [2.75, 3.05) is 0 Å². The topological polar surface area (TPSA) is 63.3 Å². The van der Waals surface area contributed by atoms with Crippen molar-refractivity contribution >= 4 is 34.3 Å². The van der Waals surface area contributed by atoms with Gasteiger partial charge in [0.1, 0.15) is 0 Å². The molecule has 0 amide bonds. The van der Waals surface area contributed by atoms with E-state index in [4.69, 9.17) is 10.8 Å². The maximum Gasteiger partial charge on any atom is 0.335 e. The summed E-state index contributed by atoms with van der Waals surface area (Å²) < 4.78 is 0.741. The van der Waals surface area contributed by atoms with Crippen LogP contribution < -0.4 is 5.73 Å². The monoisotopic (exact) mass is 265 g/mol. The molecule has 0 saturated carbocycles. The number of rotatable bonds is 2. The summed E-state index contributed by atoms with van der Waals surface area (Å²) in [5.41, 5.74) is 6.57. The Labute approximate surface area is 90.5 Å². The maximum atomic E-state index is 10.5. The molecule has 0 aliphatic rings. The molecule has 0 aromatic heterocycles. The molecular formula is C8H9BrClNO2. The molecule has 0 radical (unpaired) electrons. The zero-order chi connectivity index (χ0) is 9.14. The number of hydrogen-bond donors (Lipinski definition) is 2. The Hall–Kier alpha value is -0.580. The van der Waals surface area contributed by atoms with Gasteiger partial charge >= 0.3 is 5.97 Å². The van der Waals surface area contributed by atoms with Gasteiger partial charge in [-0.2, -0.15) is 0 Å². The fourth-order valence-electron chi connectivity index (χ4n) is 0.846. The largest absolute Gasteiger partial charge is 0.478 e. The molecule has 0 unspecified atom stereocenters. The summed E-state index contributed by atoms with van der Waals surface area (Å²) in [7, 11) is 0. The second-order valence-corrected chi connectivity index (χ2v) is 3.17. The lowest BCUT2D eigenvalue weighted by Crippen LogP contribution is -2.00. The molecule has 0 saturated heterocycles. The molecule has 13 heavy (non-hydrogen) atoms. The van der Waals surface area contributed by atoms with Crippen LogP contribution >= 0.6 is 28.3 Å². The van der Waals surface area contributed by atoms with Crippen LogP contribution in [0.2, 0.25) is 0 Å². The van der Waals surface area contributed by atoms with Crippen LogP contribution in [0.1, 0.15) is 15.9 Å². The Kier molecular flexibility index (Phi) is 4.98. The minimum Gasteiger partial charge on any atom is -0.478 e. The third-order valence-electron chi connectivity index (χ3n) is 1.52. The predicted octanol–water partition coefficient (Wildman–Crippen LogP) is 2.03. The molecule has 0 fully saturated rings. The maximum absolute atomic E-state index is 10.5. The van der Waals surface area contributed by atoms with E-state index in [9.17, 15) is 4.79 Å². The second-order valence-electron chi connectivity index (χ2n) is 2.32. The van der Waals surface area contributed by atoms with Crippen LogP contribution in [-0.2, 0) is 6.54 Å². The van der Waals surface area contributed by atoms with Crippen LogP contribution in [0.4, 0.5) is 0 Å². The summed E-state index contributed by atoms with van der Waals surface area (Å²) in [5.74, 6) is -0.931. The van der Waals surface area contributed by atoms with Crippen molar-refractivity contribution < 1.29 is 9.90 Å². The standard InChI is InChI=1S/C8H8BrNO2.ClH/c9-7-3-5(8(11)12)1-2-6(7)4-10;/h1-3H,4,10H2,(H,11,12);1H. The summed E-state index contributed by atoms with van der Waals surface area (Å²) in [6, 6.07) is 4.79. The lowest BCUT2D eigenvalue weighted by atomic mass is 10.1. The molecule has 3 N–H and O–H groups in total. The first-order chi connectivity index (χ1) is 5.65. The molecule has 0 bridgehead atoms. The van der Waals surface area contributed by atoms with Crippen molar-refractivity contribution in [1.29, 1.82) is 0 Å². The number of carboxylic acids is 1. The fraction of sp³-hybridized carbons (Fsp3) is 0.125. The number of aromatic carboxylic acids is 1. The van der Waals surface area contributed by atoms with Gasteiger partial charge in [-0.15, -0.1) is 12.4 Å². The van der Waals surface area contributed by atoms with Gasteiger partial charge in [-0.05, 0) is 17.7 Å². The second kappa shape index (κ2) is 5.21. The van der Waals surface area contributed by atoms with Crippen LogP contribution in [0, 0.1) is 0 Å². The molecule has 1 aromatic rings. The summed E-state index contributed by atoms with van der Waals surface area (Å²) in [4.78, 5) is 10.5. The summed E-state index contributed by atoms with van der Waals surface area (Å²) in [6.07, 6.45) is 0. The van der Waals surface area contributed by atoms with Crippen LogP contribution in [0.5, 0.6) is 0 Å². The number of halogens is 2. The van der Waals surface area contributed by atoms with Crippen molar-refractivity contribution in [1.82, 2.24) is 0 Å². The first-order valence-electron chi connectivity index (χ1n) is 3.37. The first-order valence-corrected chi connectivity index (χ1v) is 4.16. The van der Waals surface area contributed by atoms with E-state index in [1.165, 1.54) is 6.07 Å². The number of nitrogens with two attached hydrogens (primary N) is 1. The van der Waals surface area contributed by atoms with E-state index in [1.54, 1.807) is 12.1 Å². The summed E-state index contributed by atoms with van der Waals surface area (Å²) in [5, 5.41) is 8.62. The highest BCUT2D eigenvalue weighted by Crippen LogP contribution is 2.17. The van der Waals surface area contributed by atoms with Gasteiger partial charge in [0.15, 0.2) is 0 Å². The fourth-order valence-corrected chi connectivity index (χ4v) is 1.39. The normalized spacial score (nSPS) is 9.08. The van der Waals surface area contributed by atoms with Gasteiger partial charge in [-0.25, -0.2) is 4.79 Å². The van der Waals surface area contributed by atoms with Crippen LogP contribution in [0.15, 0.2) is 22.7 Å². The van der Waals surface area contributed by atoms with Gasteiger partial charge in [0.2, 0.25) is 0 Å². The van der Waals surface area contributed by atoms with Gasteiger partial charge < -0.3 is 10.8 Å². The Balaban J connectivity index is 0.00000144. The van der Waals surface area contributed by atoms with Gasteiger partial charge in [0.05, 0.1) is 5.56 Å². The van der Waals surface area contributed by atoms with Gasteiger partial charge in [0.25, 0.3) is 0 Å². The lowest BCUT2D eigenvalue weighted by Gasteiger charge is -2.01. The molecule has 0 heterocycles. The van der Waals surface area contributed by atoms with Crippen molar-refractivity contribution in [3.63, 3.8) is 0 Å². The Bertz CT molecular complexity index is 317. The van der Waals surface area contributed by atoms with Gasteiger partial charge in [-0.1, -0.05) is 22.0 Å². The molecule has 1 aromatic carbocycles. The summed E-state index contributed by atoms with van der Waals surface area (Å²) in [6.45, 7) is 0.403. The van der Waals surface area contributed by atoms with Gasteiger partial charge in [0, 0.05) is 11.0 Å². The predicted molar refractivity (Wildman–Crippen MR) is 56.2 cm³/mol. The van der Waals surface area contributed by atoms with E-state index < -0.39 is 5.97 Å². The lowest BCUT2D eigenvalue weighted by molar-refractivity contribution is 0.0697. The Morgan fingerprint density at radius 2 is 2.15 bits per heavy atom. The van der Waals surface area contributed by atoms with Crippen LogP contribution in [0.25, 0.3) is 0 Å². The molecule has 3 nitrogen and oxygen atoms in total. The van der Waals surface area contributed by atoms with Crippen molar-refractivity contribution in [3.8, 4) is 0 Å². The van der Waals surface area contributed by atoms with Crippen molar-refractivity contribution in [2.24, 2.45) is 5.73 Å². The molecule has 0 spiro atoms. The molecule has 1 rings (SSSR count). The van der Waals surface area contributed by atoms with E-state index in [-0.39, 0.29) is 18.0 Å². The molecule has 5 heteroatoms. The van der Waals surface area contributed by atoms with E-state index in [0.29, 0.717) is 6.54 Å². The number of carbonyl (C=O) groups is 1. The first kappa shape index (κ1) is 12.4. The summed E-state index contributed by atoms with van der Waals surface area (Å²) >= 11 is 3.23. The third-order valence-corrected chi connectivity index (χ3v) is 2.26. The SMILES string of the molecule is Cl.NCc1ccc(C(=O)O)cc1Br. The molecular weight excluding hydrogens is 257 g/mol. The highest BCUT2D eigenvalue weighted by Gasteiger charge is 2.04. The third kappa shape index (κ3) is 2.99. The number of carboxylic acid groups (broad SMARTS) is 1. The highest BCUT2D eigenvalue weighted by molar-refractivity contribution is 9.10. The molecule has 0 aliphatic heterocycles. The van der Waals surface area contributed by atoms with E-state index >= 15 is 0 Å². The van der Waals surface area contributed by atoms with Crippen molar-refractivity contribution in [3.05, 3.63) is 33.8 Å². The van der Waals surface area contributed by atoms with E-state index in [0.717, 1.165) is 10.0 Å². The zero-order valence-electron chi connectivity index (χ0n) is 6.66. The Morgan fingerprint density at radius 1 is 1.54 bits per heavy atom. The van der Waals surface area contributed by atoms with Crippen molar-refractivity contribution in [2.45, 2.75) is 6.54 Å². The van der Waals surface area contributed by atoms with Crippen LogP contribution in [0.3, 0.4) is 0 Å². The smallest absolute Gasteiger partial charge is 0.335 e. The molecule has 0 aliphatic carbocycles. The van der Waals surface area contributed by atoms with Gasteiger partial charge in [-0.3, -0.25) is 0 Å². The van der Waals surface area contributed by atoms with Crippen LogP contribution in [-0.4, -0.2) is 11.1 Å². The number of benzene rings is 1. The average molecular weight is 267 g/mol. The average Bonchev–Trinajstić information content (AvgIpc) is 2.04. The highest BCUT2D eigenvalue weighted by atomic mass is 79.9. The minimum absolute atomic E-state index is 0. The van der Waals surface area contributed by atoms with E-state index in [1.807, 2.05) is 0 Å². The number of hydrogen-bond acceptors (Lipinski definition) is 2. The quantitative estimate of drug-likeness (QED) is 0.861. The zero-order valence-corrected chi connectivity index (χ0v) is 9.06. The van der Waals surface area contributed by atoms with E-state index in [2.05, 4.69) is 15.9 Å². The minimum atomic E-state index is -0.931. The Morgan fingerprint density at radius 3 is 2.54 bits per heavy atom. The molecule has 72 valence electrons. The molecule has 0 atom stereocenters.